The fourth-order valence-corrected chi connectivity index (χ4v) is 3.78. The number of fused-ring (bicyclic) bond motifs is 1. The monoisotopic (exact) mass is 478 g/mol. The van der Waals surface area contributed by atoms with Crippen molar-refractivity contribution in [2.45, 2.75) is 45.8 Å². The van der Waals surface area contributed by atoms with Gasteiger partial charge >= 0.3 is 5.97 Å². The summed E-state index contributed by atoms with van der Waals surface area (Å²) in [5, 5.41) is 5.23. The minimum Gasteiger partial charge on any atom is -0.460 e. The quantitative estimate of drug-likeness (QED) is 0.376. The third kappa shape index (κ3) is 6.10. The molecule has 0 fully saturated rings. The van der Waals surface area contributed by atoms with Crippen molar-refractivity contribution in [2.24, 2.45) is 0 Å². The van der Waals surface area contributed by atoms with Gasteiger partial charge in [-0.3, -0.25) is 9.48 Å². The molecule has 0 aliphatic carbocycles. The van der Waals surface area contributed by atoms with Crippen LogP contribution in [0.2, 0.25) is 0 Å². The number of carbonyl (C=O) groups excluding carboxylic acids is 1. The van der Waals surface area contributed by atoms with Crippen LogP contribution in [0.4, 0.5) is 4.39 Å². The topological polar surface area (TPSA) is 88.9 Å². The number of esters is 1. The van der Waals surface area contributed by atoms with Crippen molar-refractivity contribution >= 4 is 17.0 Å². The Morgan fingerprint density at radius 3 is 2.69 bits per heavy atom. The number of aryl methyl sites for hydroxylation is 1. The summed E-state index contributed by atoms with van der Waals surface area (Å²) in [6.45, 7) is 7.12. The minimum absolute atomic E-state index is 0.120. The van der Waals surface area contributed by atoms with E-state index in [1.807, 2.05) is 64.1 Å². The third-order valence-corrected chi connectivity index (χ3v) is 5.49. The van der Waals surface area contributed by atoms with E-state index in [1.165, 1.54) is 12.4 Å². The Balaban J connectivity index is 1.55. The van der Waals surface area contributed by atoms with E-state index in [9.17, 15) is 9.18 Å². The fraction of sp³-hybridized carbons (Fsp3) is 0.385. The second kappa shape index (κ2) is 9.95. The zero-order valence-corrected chi connectivity index (χ0v) is 20.8. The van der Waals surface area contributed by atoms with Gasteiger partial charge in [0.1, 0.15) is 23.4 Å². The summed E-state index contributed by atoms with van der Waals surface area (Å²) in [4.78, 5) is 26.2. The van der Waals surface area contributed by atoms with Gasteiger partial charge in [0, 0.05) is 35.7 Å². The summed E-state index contributed by atoms with van der Waals surface area (Å²) in [7, 11) is 4.05. The van der Waals surface area contributed by atoms with Crippen LogP contribution in [0, 0.1) is 5.82 Å². The Morgan fingerprint density at radius 2 is 1.97 bits per heavy atom. The number of rotatable bonds is 8. The average molecular weight is 479 g/mol. The molecule has 0 aliphatic heterocycles. The van der Waals surface area contributed by atoms with Crippen molar-refractivity contribution in [3.05, 3.63) is 54.4 Å². The molecule has 1 N–H and O–H groups in total. The Bertz CT molecular complexity index is 1340. The van der Waals surface area contributed by atoms with Gasteiger partial charge in [-0.2, -0.15) is 5.10 Å². The van der Waals surface area contributed by atoms with E-state index >= 15 is 0 Å². The highest BCUT2D eigenvalue weighted by Crippen LogP contribution is 2.30. The summed E-state index contributed by atoms with van der Waals surface area (Å²) in [6.07, 6.45) is 5.65. The molecule has 0 saturated heterocycles. The molecule has 0 radical (unpaired) electrons. The van der Waals surface area contributed by atoms with E-state index in [-0.39, 0.29) is 24.6 Å². The van der Waals surface area contributed by atoms with E-state index in [0.29, 0.717) is 22.5 Å². The van der Waals surface area contributed by atoms with Crippen LogP contribution in [0.25, 0.3) is 33.5 Å². The third-order valence-electron chi connectivity index (χ3n) is 5.49. The van der Waals surface area contributed by atoms with E-state index < -0.39 is 5.60 Å². The van der Waals surface area contributed by atoms with Crippen molar-refractivity contribution in [3.8, 4) is 22.5 Å². The lowest BCUT2D eigenvalue weighted by molar-refractivity contribution is -0.154. The standard InChI is InChI=1S/C26H31FN6O2/c1-26(2,3)35-23(34)9-8-17-6-7-18(12-21(17)27)24-20-13-22(31-25(20)29-16-28-24)19-14-30-33(15-19)11-10-32(4)5/h6-7,12-16H,8-11H2,1-5H3,(H,28,29,31). The van der Waals surface area contributed by atoms with Crippen LogP contribution >= 0.6 is 0 Å². The molecular weight excluding hydrogens is 447 g/mol. The molecule has 1 aromatic carbocycles. The van der Waals surface area contributed by atoms with Gasteiger partial charge in [-0.05, 0) is 59.0 Å². The Hall–Kier alpha value is -3.59. The van der Waals surface area contributed by atoms with Gasteiger partial charge in [0.25, 0.3) is 0 Å². The highest BCUT2D eigenvalue weighted by atomic mass is 19.1. The van der Waals surface area contributed by atoms with E-state index in [0.717, 1.165) is 29.7 Å². The molecule has 4 rings (SSSR count). The maximum absolute atomic E-state index is 14.9. The minimum atomic E-state index is -0.557. The van der Waals surface area contributed by atoms with Crippen LogP contribution in [0.5, 0.6) is 0 Å². The lowest BCUT2D eigenvalue weighted by Crippen LogP contribution is -2.24. The van der Waals surface area contributed by atoms with Crippen LogP contribution in [0.3, 0.4) is 0 Å². The number of H-pyrrole nitrogens is 1. The highest BCUT2D eigenvalue weighted by Gasteiger charge is 2.18. The first-order valence-electron chi connectivity index (χ1n) is 11.6. The summed E-state index contributed by atoms with van der Waals surface area (Å²) >= 11 is 0. The van der Waals surface area contributed by atoms with Gasteiger partial charge < -0.3 is 14.6 Å². The molecule has 4 aromatic rings. The number of hydrogen-bond acceptors (Lipinski definition) is 6. The number of benzene rings is 1. The molecule has 0 spiro atoms. The van der Waals surface area contributed by atoms with Crippen molar-refractivity contribution in [1.29, 1.82) is 0 Å². The largest absolute Gasteiger partial charge is 0.460 e. The normalized spacial score (nSPS) is 12.0. The number of carbonyl (C=O) groups is 1. The van der Waals surface area contributed by atoms with E-state index in [4.69, 9.17) is 4.74 Å². The second-order valence-corrected chi connectivity index (χ2v) is 9.86. The van der Waals surface area contributed by atoms with Gasteiger partial charge in [-0.1, -0.05) is 12.1 Å². The van der Waals surface area contributed by atoms with Gasteiger partial charge in [0.2, 0.25) is 0 Å². The summed E-state index contributed by atoms with van der Waals surface area (Å²) in [5.41, 5.74) is 3.66. The molecule has 184 valence electrons. The first-order valence-corrected chi connectivity index (χ1v) is 11.6. The number of halogens is 1. The molecule has 3 heterocycles. The van der Waals surface area contributed by atoms with Crippen LogP contribution < -0.4 is 0 Å². The molecule has 0 atom stereocenters. The molecule has 0 saturated carbocycles. The first-order chi connectivity index (χ1) is 16.6. The van der Waals surface area contributed by atoms with Gasteiger partial charge in [0.05, 0.1) is 24.1 Å². The van der Waals surface area contributed by atoms with Gasteiger partial charge in [0.15, 0.2) is 0 Å². The lowest BCUT2D eigenvalue weighted by Gasteiger charge is -2.19. The maximum atomic E-state index is 14.9. The first kappa shape index (κ1) is 24.5. The summed E-state index contributed by atoms with van der Waals surface area (Å²) in [5.74, 6) is -0.723. The SMILES string of the molecule is CN(C)CCn1cc(-c2cc3c(-c4ccc(CCC(=O)OC(C)(C)C)c(F)c4)ncnc3[nH]2)cn1. The van der Waals surface area contributed by atoms with Crippen LogP contribution in [-0.2, 0) is 22.5 Å². The molecular formula is C26H31FN6O2. The Labute approximate surface area is 204 Å². The smallest absolute Gasteiger partial charge is 0.306 e. The van der Waals surface area contributed by atoms with Crippen LogP contribution in [-0.4, -0.2) is 61.8 Å². The molecule has 8 nitrogen and oxygen atoms in total. The van der Waals surface area contributed by atoms with Crippen molar-refractivity contribution in [3.63, 3.8) is 0 Å². The van der Waals surface area contributed by atoms with Crippen molar-refractivity contribution in [2.75, 3.05) is 20.6 Å². The predicted molar refractivity (Wildman–Crippen MR) is 133 cm³/mol. The fourth-order valence-electron chi connectivity index (χ4n) is 3.78. The molecule has 35 heavy (non-hydrogen) atoms. The Kier molecular flexibility index (Phi) is 6.98. The summed E-state index contributed by atoms with van der Waals surface area (Å²) in [6, 6.07) is 6.94. The average Bonchev–Trinajstić information content (AvgIpc) is 3.42. The molecule has 0 aliphatic rings. The molecule has 3 aromatic heterocycles. The number of nitrogens with zero attached hydrogens (tertiary/aromatic N) is 5. The zero-order valence-electron chi connectivity index (χ0n) is 20.8. The van der Waals surface area contributed by atoms with Crippen LogP contribution in [0.1, 0.15) is 32.8 Å². The summed E-state index contributed by atoms with van der Waals surface area (Å²) < 4.78 is 22.1. The van der Waals surface area contributed by atoms with Gasteiger partial charge in [-0.15, -0.1) is 0 Å². The number of likely N-dealkylation sites (N-methyl/N-ethyl adjacent to an activating group) is 1. The molecule has 9 heteroatoms. The van der Waals surface area contributed by atoms with Crippen molar-refractivity contribution in [1.82, 2.24) is 29.6 Å². The van der Waals surface area contributed by atoms with Crippen molar-refractivity contribution < 1.29 is 13.9 Å². The number of aromatic nitrogens is 5. The number of ether oxygens (including phenoxy) is 1. The van der Waals surface area contributed by atoms with Crippen LogP contribution in [0.15, 0.2) is 43.0 Å². The molecule has 0 amide bonds. The predicted octanol–water partition coefficient (Wildman–Crippen LogP) is 4.46. The van der Waals surface area contributed by atoms with Gasteiger partial charge in [-0.25, -0.2) is 14.4 Å². The highest BCUT2D eigenvalue weighted by molar-refractivity contribution is 5.94. The van der Waals surface area contributed by atoms with E-state index in [1.54, 1.807) is 6.07 Å². The number of hydrogen-bond donors (Lipinski definition) is 1. The number of nitrogens with one attached hydrogen (secondary N) is 1. The number of aromatic amines is 1. The zero-order chi connectivity index (χ0) is 25.2. The second-order valence-electron chi connectivity index (χ2n) is 9.86. The Morgan fingerprint density at radius 1 is 1.17 bits per heavy atom. The van der Waals surface area contributed by atoms with E-state index in [2.05, 4.69) is 25.0 Å². The maximum Gasteiger partial charge on any atom is 0.306 e. The molecule has 0 bridgehead atoms. The molecule has 0 unspecified atom stereocenters. The lowest BCUT2D eigenvalue weighted by atomic mass is 10.0.